The topological polar surface area (TPSA) is 88.2 Å². The minimum Gasteiger partial charge on any atom is -0.465 e. The Balaban J connectivity index is 2.12. The number of nitrogens with zero attached hydrogens (tertiary/aromatic N) is 1. The molecule has 0 aliphatic rings. The first kappa shape index (κ1) is 11.4. The van der Waals surface area contributed by atoms with Gasteiger partial charge >= 0.3 is 6.09 Å². The van der Waals surface area contributed by atoms with Crippen molar-refractivity contribution in [2.24, 2.45) is 0 Å². The maximum absolute atomic E-state index is 10.3. The molecule has 0 aliphatic carbocycles. The number of aromatic nitrogens is 1. The van der Waals surface area contributed by atoms with Crippen LogP contribution in [0, 0.1) is 0 Å². The Morgan fingerprint density at radius 2 is 2.12 bits per heavy atom. The number of hydrogen-bond donors (Lipinski definition) is 3. The van der Waals surface area contributed by atoms with Crippen LogP contribution in [0.4, 0.5) is 10.5 Å². The lowest BCUT2D eigenvalue weighted by atomic mass is 10.2. The quantitative estimate of drug-likeness (QED) is 0.727. The molecule has 2 aromatic rings. The van der Waals surface area contributed by atoms with E-state index in [0.717, 1.165) is 15.4 Å². The highest BCUT2D eigenvalue weighted by Gasteiger charge is 2.05. The van der Waals surface area contributed by atoms with E-state index in [-0.39, 0.29) is 6.54 Å². The van der Waals surface area contributed by atoms with Crippen LogP contribution in [0.25, 0.3) is 10.6 Å². The number of carbonyl (C=O) groups is 1. The van der Waals surface area contributed by atoms with Crippen LogP contribution >= 0.6 is 11.3 Å². The first-order valence-corrected chi connectivity index (χ1v) is 5.74. The van der Waals surface area contributed by atoms with E-state index < -0.39 is 6.09 Å². The average molecular weight is 249 g/mol. The lowest BCUT2D eigenvalue weighted by Gasteiger charge is -1.97. The number of amides is 1. The third-order valence-electron chi connectivity index (χ3n) is 2.13. The Morgan fingerprint density at radius 3 is 2.76 bits per heavy atom. The molecule has 1 aromatic heterocycles. The third kappa shape index (κ3) is 2.94. The van der Waals surface area contributed by atoms with Crippen LogP contribution in [0.5, 0.6) is 0 Å². The summed E-state index contributed by atoms with van der Waals surface area (Å²) >= 11 is 1.46. The smallest absolute Gasteiger partial charge is 0.404 e. The van der Waals surface area contributed by atoms with Crippen LogP contribution in [-0.4, -0.2) is 16.2 Å². The predicted molar refractivity (Wildman–Crippen MR) is 66.8 cm³/mol. The summed E-state index contributed by atoms with van der Waals surface area (Å²) in [5.41, 5.74) is 7.28. The monoisotopic (exact) mass is 249 g/mol. The third-order valence-corrected chi connectivity index (χ3v) is 3.17. The van der Waals surface area contributed by atoms with Gasteiger partial charge in [-0.05, 0) is 24.3 Å². The van der Waals surface area contributed by atoms with Crippen LogP contribution in [0.3, 0.4) is 0 Å². The van der Waals surface area contributed by atoms with Gasteiger partial charge in [-0.15, -0.1) is 11.3 Å². The summed E-state index contributed by atoms with van der Waals surface area (Å²) in [6.07, 6.45) is 0.638. The van der Waals surface area contributed by atoms with Crippen molar-refractivity contribution in [1.29, 1.82) is 0 Å². The maximum Gasteiger partial charge on any atom is 0.404 e. The molecule has 0 saturated heterocycles. The molecule has 0 unspecified atom stereocenters. The predicted octanol–water partition coefficient (Wildman–Crippen LogP) is 2.16. The number of carboxylic acid groups (broad SMARTS) is 1. The molecule has 5 nitrogen and oxygen atoms in total. The molecule has 4 N–H and O–H groups in total. The van der Waals surface area contributed by atoms with Crippen LogP contribution < -0.4 is 11.1 Å². The van der Waals surface area contributed by atoms with Crippen molar-refractivity contribution in [2.75, 3.05) is 5.73 Å². The van der Waals surface area contributed by atoms with Gasteiger partial charge in [0.2, 0.25) is 0 Å². The second-order valence-electron chi connectivity index (χ2n) is 3.41. The summed E-state index contributed by atoms with van der Waals surface area (Å²) in [7, 11) is 0. The Bertz CT molecular complexity index is 522. The minimum absolute atomic E-state index is 0.280. The van der Waals surface area contributed by atoms with E-state index in [1.54, 1.807) is 6.20 Å². The number of nitrogens with one attached hydrogen (secondary N) is 1. The number of rotatable bonds is 3. The fourth-order valence-electron chi connectivity index (χ4n) is 1.31. The molecule has 0 bridgehead atoms. The fourth-order valence-corrected chi connectivity index (χ4v) is 2.17. The maximum atomic E-state index is 10.3. The largest absolute Gasteiger partial charge is 0.465 e. The Labute approximate surface area is 102 Å². The SMILES string of the molecule is Nc1ccc(-c2ncc(CNC(=O)O)s2)cc1. The van der Waals surface area contributed by atoms with E-state index in [0.29, 0.717) is 5.69 Å². The summed E-state index contributed by atoms with van der Waals surface area (Å²) in [6, 6.07) is 7.41. The highest BCUT2D eigenvalue weighted by atomic mass is 32.1. The molecule has 88 valence electrons. The van der Waals surface area contributed by atoms with Gasteiger partial charge in [0.25, 0.3) is 0 Å². The van der Waals surface area contributed by atoms with Gasteiger partial charge in [-0.25, -0.2) is 9.78 Å². The number of anilines is 1. The van der Waals surface area contributed by atoms with Gasteiger partial charge in [0.15, 0.2) is 0 Å². The Kier molecular flexibility index (Phi) is 3.24. The minimum atomic E-state index is -1.03. The zero-order valence-corrected chi connectivity index (χ0v) is 9.70. The van der Waals surface area contributed by atoms with E-state index in [9.17, 15) is 4.79 Å². The number of nitrogens with two attached hydrogens (primary N) is 1. The lowest BCUT2D eigenvalue weighted by molar-refractivity contribution is 0.194. The molecule has 2 rings (SSSR count). The zero-order valence-electron chi connectivity index (χ0n) is 8.88. The summed E-state index contributed by atoms with van der Waals surface area (Å²) in [4.78, 5) is 15.5. The van der Waals surface area contributed by atoms with Gasteiger partial charge in [0.05, 0.1) is 6.54 Å². The summed E-state index contributed by atoms with van der Waals surface area (Å²) in [5.74, 6) is 0. The Hall–Kier alpha value is -2.08. The normalized spacial score (nSPS) is 10.1. The Morgan fingerprint density at radius 1 is 1.41 bits per heavy atom. The van der Waals surface area contributed by atoms with Gasteiger partial charge < -0.3 is 16.2 Å². The van der Waals surface area contributed by atoms with Crippen molar-refractivity contribution in [2.45, 2.75) is 6.54 Å². The second-order valence-corrected chi connectivity index (χ2v) is 4.53. The van der Waals surface area contributed by atoms with E-state index in [1.165, 1.54) is 11.3 Å². The molecular formula is C11H11N3O2S. The number of benzene rings is 1. The van der Waals surface area contributed by atoms with Gasteiger partial charge in [-0.3, -0.25) is 0 Å². The number of hydrogen-bond acceptors (Lipinski definition) is 4. The van der Waals surface area contributed by atoms with Gasteiger partial charge in [-0.1, -0.05) is 0 Å². The molecule has 1 amide bonds. The molecule has 0 atom stereocenters. The van der Waals surface area contributed by atoms with Crippen LogP contribution in [0.1, 0.15) is 4.88 Å². The van der Waals surface area contributed by atoms with Crippen LogP contribution in [-0.2, 0) is 6.54 Å². The molecule has 1 aromatic carbocycles. The van der Waals surface area contributed by atoms with Crippen molar-refractivity contribution in [1.82, 2.24) is 10.3 Å². The lowest BCUT2D eigenvalue weighted by Crippen LogP contribution is -2.19. The molecule has 6 heteroatoms. The van der Waals surface area contributed by atoms with Gasteiger partial charge in [0, 0.05) is 22.3 Å². The summed E-state index contributed by atoms with van der Waals surface area (Å²) in [6.45, 7) is 0.280. The van der Waals surface area contributed by atoms with Gasteiger partial charge in [0.1, 0.15) is 5.01 Å². The van der Waals surface area contributed by atoms with E-state index in [1.807, 2.05) is 24.3 Å². The molecule has 17 heavy (non-hydrogen) atoms. The van der Waals surface area contributed by atoms with Crippen molar-refractivity contribution in [3.05, 3.63) is 35.3 Å². The van der Waals surface area contributed by atoms with E-state index in [2.05, 4.69) is 10.3 Å². The molecule has 0 saturated carbocycles. The molecule has 1 heterocycles. The fraction of sp³-hybridized carbons (Fsp3) is 0.0909. The summed E-state index contributed by atoms with van der Waals surface area (Å²) in [5, 5.41) is 11.6. The molecular weight excluding hydrogens is 238 g/mol. The average Bonchev–Trinajstić information content (AvgIpc) is 2.76. The van der Waals surface area contributed by atoms with Crippen molar-refractivity contribution < 1.29 is 9.90 Å². The number of thiazole rings is 1. The van der Waals surface area contributed by atoms with Crippen LogP contribution in [0.2, 0.25) is 0 Å². The number of nitrogen functional groups attached to an aromatic ring is 1. The van der Waals surface area contributed by atoms with Gasteiger partial charge in [-0.2, -0.15) is 0 Å². The van der Waals surface area contributed by atoms with E-state index >= 15 is 0 Å². The standard InChI is InChI=1S/C11H11N3O2S/c12-8-3-1-7(2-4-8)10-13-5-9(17-10)6-14-11(15)16/h1-5,14H,6,12H2,(H,15,16). The molecule has 0 aliphatic heterocycles. The second kappa shape index (κ2) is 4.84. The molecule has 0 radical (unpaired) electrons. The zero-order chi connectivity index (χ0) is 12.3. The molecule has 0 fully saturated rings. The van der Waals surface area contributed by atoms with Crippen molar-refractivity contribution >= 4 is 23.1 Å². The first-order chi connectivity index (χ1) is 8.15. The highest BCUT2D eigenvalue weighted by molar-refractivity contribution is 7.15. The van der Waals surface area contributed by atoms with Crippen molar-refractivity contribution in [3.63, 3.8) is 0 Å². The van der Waals surface area contributed by atoms with Crippen LogP contribution in [0.15, 0.2) is 30.5 Å². The first-order valence-electron chi connectivity index (χ1n) is 4.92. The highest BCUT2D eigenvalue weighted by Crippen LogP contribution is 2.25. The molecule has 0 spiro atoms. The van der Waals surface area contributed by atoms with Crippen molar-refractivity contribution in [3.8, 4) is 10.6 Å². The van der Waals surface area contributed by atoms with E-state index in [4.69, 9.17) is 10.8 Å². The summed E-state index contributed by atoms with van der Waals surface area (Å²) < 4.78 is 0.